The molecule has 1 atom stereocenters. The van der Waals surface area contributed by atoms with Crippen LogP contribution >= 0.6 is 0 Å². The van der Waals surface area contributed by atoms with Gasteiger partial charge in [0.05, 0.1) is 6.54 Å². The van der Waals surface area contributed by atoms with Crippen molar-refractivity contribution in [3.8, 4) is 11.1 Å². The molecule has 3 aromatic carbocycles. The monoisotopic (exact) mass is 494 g/mol. The molecule has 0 radical (unpaired) electrons. The maximum atomic E-state index is 13.8. The Kier molecular flexibility index (Phi) is 7.28. The van der Waals surface area contributed by atoms with E-state index in [0.717, 1.165) is 39.3 Å². The Morgan fingerprint density at radius 1 is 0.944 bits per heavy atom. The molecular weight excluding hydrogens is 470 g/mol. The summed E-state index contributed by atoms with van der Waals surface area (Å²) in [6.45, 7) is -0.468. The number of nitrogens with two attached hydrogens (primary N) is 1. The highest BCUT2D eigenvalue weighted by Crippen LogP contribution is 2.44. The van der Waals surface area contributed by atoms with Crippen LogP contribution < -0.4 is 5.73 Å². The van der Waals surface area contributed by atoms with Gasteiger partial charge in [-0.15, -0.1) is 0 Å². The number of hydrogen-bond acceptors (Lipinski definition) is 4. The van der Waals surface area contributed by atoms with Crippen molar-refractivity contribution in [3.63, 3.8) is 0 Å². The maximum absolute atomic E-state index is 13.8. The lowest BCUT2D eigenvalue weighted by Gasteiger charge is -2.29. The third-order valence-electron chi connectivity index (χ3n) is 6.18. The third-order valence-corrected chi connectivity index (χ3v) is 6.18. The molecular formula is C27H24F2N2O5. The molecule has 0 aromatic heterocycles. The molecule has 2 amide bonds. The van der Waals surface area contributed by atoms with Crippen LogP contribution in [-0.4, -0.2) is 40.6 Å². The number of carbonyl (C=O) groups is 3. The lowest BCUT2D eigenvalue weighted by molar-refractivity contribution is -0.137. The fourth-order valence-electron chi connectivity index (χ4n) is 4.59. The van der Waals surface area contributed by atoms with E-state index >= 15 is 0 Å². The number of rotatable bonds is 9. The fraction of sp³-hybridized carbons (Fsp3) is 0.222. The second-order valence-electron chi connectivity index (χ2n) is 8.56. The zero-order chi connectivity index (χ0) is 25.8. The second kappa shape index (κ2) is 10.6. The van der Waals surface area contributed by atoms with Gasteiger partial charge in [-0.05, 0) is 46.4 Å². The molecule has 186 valence electrons. The maximum Gasteiger partial charge on any atom is 0.410 e. The first-order chi connectivity index (χ1) is 17.2. The molecule has 0 bridgehead atoms. The molecule has 0 saturated carbocycles. The molecule has 0 heterocycles. The van der Waals surface area contributed by atoms with Crippen molar-refractivity contribution >= 4 is 18.0 Å². The number of carbonyl (C=O) groups excluding carboxylic acids is 2. The van der Waals surface area contributed by atoms with Crippen LogP contribution in [0.2, 0.25) is 0 Å². The molecule has 0 spiro atoms. The zero-order valence-corrected chi connectivity index (χ0v) is 19.2. The SMILES string of the molecule is NC(=O)[C@H](CCC(=O)O)N(Cc1cc(F)cc(F)c1)C(=O)OCC1c2ccccc2-c2ccccc21. The first-order valence-electron chi connectivity index (χ1n) is 11.3. The van der Waals surface area contributed by atoms with E-state index < -0.39 is 48.6 Å². The summed E-state index contributed by atoms with van der Waals surface area (Å²) in [6, 6.07) is 16.8. The summed E-state index contributed by atoms with van der Waals surface area (Å²) in [5.74, 6) is -4.13. The van der Waals surface area contributed by atoms with E-state index in [1.165, 1.54) is 0 Å². The first kappa shape index (κ1) is 24.8. The Balaban J connectivity index is 1.60. The fourth-order valence-corrected chi connectivity index (χ4v) is 4.59. The number of primary amides is 1. The van der Waals surface area contributed by atoms with E-state index in [0.29, 0.717) is 6.07 Å². The van der Waals surface area contributed by atoms with Crippen molar-refractivity contribution in [1.29, 1.82) is 0 Å². The van der Waals surface area contributed by atoms with Gasteiger partial charge in [-0.2, -0.15) is 0 Å². The van der Waals surface area contributed by atoms with Crippen LogP contribution in [0, 0.1) is 11.6 Å². The minimum atomic E-state index is -1.36. The van der Waals surface area contributed by atoms with Crippen LogP contribution in [-0.2, 0) is 20.9 Å². The quantitative estimate of drug-likeness (QED) is 0.457. The van der Waals surface area contributed by atoms with Gasteiger partial charge in [-0.3, -0.25) is 14.5 Å². The summed E-state index contributed by atoms with van der Waals surface area (Å²) < 4.78 is 33.2. The number of fused-ring (bicyclic) bond motifs is 3. The second-order valence-corrected chi connectivity index (χ2v) is 8.56. The average molecular weight is 494 g/mol. The lowest BCUT2D eigenvalue weighted by atomic mass is 9.98. The number of nitrogens with zero attached hydrogens (tertiary/aromatic N) is 1. The molecule has 0 saturated heterocycles. The van der Waals surface area contributed by atoms with E-state index in [1.807, 2.05) is 48.5 Å². The lowest BCUT2D eigenvalue weighted by Crippen LogP contribution is -2.48. The third kappa shape index (κ3) is 5.35. The Labute approximate surface area is 206 Å². The van der Waals surface area contributed by atoms with E-state index in [2.05, 4.69) is 0 Å². The first-order valence-corrected chi connectivity index (χ1v) is 11.3. The molecule has 0 fully saturated rings. The number of hydrogen-bond donors (Lipinski definition) is 2. The predicted octanol–water partition coefficient (Wildman–Crippen LogP) is 4.43. The number of benzene rings is 3. The van der Waals surface area contributed by atoms with Gasteiger partial charge in [0.25, 0.3) is 0 Å². The van der Waals surface area contributed by atoms with E-state index in [4.69, 9.17) is 15.6 Å². The van der Waals surface area contributed by atoms with Crippen molar-refractivity contribution in [2.45, 2.75) is 31.3 Å². The number of aliphatic carboxylic acids is 1. The largest absolute Gasteiger partial charge is 0.481 e. The molecule has 0 unspecified atom stereocenters. The Morgan fingerprint density at radius 2 is 1.50 bits per heavy atom. The van der Waals surface area contributed by atoms with Crippen LogP contribution in [0.25, 0.3) is 11.1 Å². The minimum absolute atomic E-state index is 0.0579. The summed E-state index contributed by atoms with van der Waals surface area (Å²) in [4.78, 5) is 37.5. The summed E-state index contributed by atoms with van der Waals surface area (Å²) in [6.07, 6.45) is -1.68. The number of amides is 2. The summed E-state index contributed by atoms with van der Waals surface area (Å²) in [5, 5.41) is 9.07. The average Bonchev–Trinajstić information content (AvgIpc) is 3.14. The van der Waals surface area contributed by atoms with E-state index in [9.17, 15) is 23.2 Å². The smallest absolute Gasteiger partial charge is 0.410 e. The summed E-state index contributed by atoms with van der Waals surface area (Å²) >= 11 is 0. The van der Waals surface area contributed by atoms with Crippen molar-refractivity contribution < 1.29 is 33.0 Å². The molecule has 0 aliphatic heterocycles. The predicted molar refractivity (Wildman–Crippen MR) is 127 cm³/mol. The van der Waals surface area contributed by atoms with Gasteiger partial charge in [0.15, 0.2) is 0 Å². The number of halogens is 2. The molecule has 1 aliphatic carbocycles. The van der Waals surface area contributed by atoms with Gasteiger partial charge in [-0.1, -0.05) is 48.5 Å². The van der Waals surface area contributed by atoms with Gasteiger partial charge in [0, 0.05) is 18.4 Å². The van der Waals surface area contributed by atoms with Gasteiger partial charge in [0.2, 0.25) is 5.91 Å². The Bertz CT molecular complexity index is 1250. The highest BCUT2D eigenvalue weighted by molar-refractivity contribution is 5.85. The minimum Gasteiger partial charge on any atom is -0.481 e. The topological polar surface area (TPSA) is 110 Å². The molecule has 3 N–H and O–H groups in total. The molecule has 3 aromatic rings. The number of carboxylic acids is 1. The molecule has 9 heteroatoms. The highest BCUT2D eigenvalue weighted by Gasteiger charge is 2.33. The van der Waals surface area contributed by atoms with E-state index in [-0.39, 0.29) is 24.5 Å². The van der Waals surface area contributed by atoms with Crippen molar-refractivity contribution in [1.82, 2.24) is 4.90 Å². The number of ether oxygens (including phenoxy) is 1. The Morgan fingerprint density at radius 3 is 2.03 bits per heavy atom. The van der Waals surface area contributed by atoms with Crippen LogP contribution in [0.4, 0.5) is 13.6 Å². The zero-order valence-electron chi connectivity index (χ0n) is 19.2. The summed E-state index contributed by atoms with van der Waals surface area (Å²) in [7, 11) is 0. The van der Waals surface area contributed by atoms with Crippen LogP contribution in [0.5, 0.6) is 0 Å². The van der Waals surface area contributed by atoms with Crippen LogP contribution in [0.15, 0.2) is 66.7 Å². The Hall–Kier alpha value is -4.27. The van der Waals surface area contributed by atoms with Gasteiger partial charge in [0.1, 0.15) is 24.3 Å². The molecule has 36 heavy (non-hydrogen) atoms. The molecule has 4 rings (SSSR count). The van der Waals surface area contributed by atoms with Crippen molar-refractivity contribution in [2.24, 2.45) is 5.73 Å². The molecule has 1 aliphatic rings. The van der Waals surface area contributed by atoms with Gasteiger partial charge in [-0.25, -0.2) is 13.6 Å². The van der Waals surface area contributed by atoms with Crippen LogP contribution in [0.1, 0.15) is 35.4 Å². The standard InChI is InChI=1S/C27H24F2N2O5/c28-17-11-16(12-18(29)13-17)14-31(24(26(30)34)9-10-25(32)33)27(35)36-15-23-21-7-3-1-5-19(21)20-6-2-4-8-22(20)23/h1-8,11-13,23-24H,9-10,14-15H2,(H2,30,34)(H,32,33)/t24-/m0/s1. The highest BCUT2D eigenvalue weighted by atomic mass is 19.1. The number of carboxylic acid groups (broad SMARTS) is 1. The normalized spacial score (nSPS) is 12.9. The van der Waals surface area contributed by atoms with Crippen LogP contribution in [0.3, 0.4) is 0 Å². The molecule has 7 nitrogen and oxygen atoms in total. The summed E-state index contributed by atoms with van der Waals surface area (Å²) in [5.41, 5.74) is 9.55. The van der Waals surface area contributed by atoms with Gasteiger partial charge >= 0.3 is 12.1 Å². The van der Waals surface area contributed by atoms with Gasteiger partial charge < -0.3 is 15.6 Å². The van der Waals surface area contributed by atoms with Crippen molar-refractivity contribution in [2.75, 3.05) is 6.61 Å². The van der Waals surface area contributed by atoms with Crippen molar-refractivity contribution in [3.05, 3.63) is 95.1 Å². The van der Waals surface area contributed by atoms with E-state index in [1.54, 1.807) is 0 Å².